The lowest BCUT2D eigenvalue weighted by molar-refractivity contribution is -0.387. The molecule has 0 aliphatic heterocycles. The molecule has 0 radical (unpaired) electrons. The van der Waals surface area contributed by atoms with Crippen LogP contribution < -0.4 is 0 Å². The zero-order valence-corrected chi connectivity index (χ0v) is 10.00. The van der Waals surface area contributed by atoms with E-state index in [4.69, 9.17) is 5.11 Å². The fourth-order valence-electron chi connectivity index (χ4n) is 1.46. The van der Waals surface area contributed by atoms with Gasteiger partial charge in [0.15, 0.2) is 0 Å². The molecule has 0 saturated heterocycles. The molecule has 19 heavy (non-hydrogen) atoms. The molecular formula is C11H11FN2O5. The number of amides is 1. The van der Waals surface area contributed by atoms with Crippen molar-refractivity contribution >= 4 is 17.6 Å². The molecule has 1 N–H and O–H groups in total. The smallest absolute Gasteiger partial charge is 0.323 e. The Bertz CT molecular complexity index is 532. The third kappa shape index (κ3) is 3.47. The van der Waals surface area contributed by atoms with Gasteiger partial charge in [-0.05, 0) is 19.1 Å². The average molecular weight is 270 g/mol. The van der Waals surface area contributed by atoms with E-state index < -0.39 is 34.8 Å². The Kier molecular flexibility index (Phi) is 4.51. The summed E-state index contributed by atoms with van der Waals surface area (Å²) in [7, 11) is 0. The zero-order chi connectivity index (χ0) is 14.6. The van der Waals surface area contributed by atoms with Gasteiger partial charge in [0.2, 0.25) is 5.82 Å². The molecule has 7 nitrogen and oxygen atoms in total. The van der Waals surface area contributed by atoms with Gasteiger partial charge < -0.3 is 10.0 Å². The molecule has 0 bridgehead atoms. The Balaban J connectivity index is 3.08. The van der Waals surface area contributed by atoms with Gasteiger partial charge in [-0.15, -0.1) is 0 Å². The number of nitro groups is 1. The minimum atomic E-state index is -1.20. The SMILES string of the molecule is CCN(CC(=O)O)C(=O)c1ccc(F)c([N+](=O)[O-])c1. The van der Waals surface area contributed by atoms with Gasteiger partial charge in [-0.1, -0.05) is 0 Å². The van der Waals surface area contributed by atoms with Crippen LogP contribution in [-0.4, -0.2) is 39.9 Å². The number of carboxylic acids is 1. The highest BCUT2D eigenvalue weighted by molar-refractivity contribution is 5.96. The minimum Gasteiger partial charge on any atom is -0.480 e. The highest BCUT2D eigenvalue weighted by Gasteiger charge is 2.21. The standard InChI is InChI=1S/C11H11FN2O5/c1-2-13(6-10(15)16)11(17)7-3-4-8(12)9(5-7)14(18)19/h3-5H,2,6H2,1H3,(H,15,16). The monoisotopic (exact) mass is 270 g/mol. The Morgan fingerprint density at radius 2 is 2.11 bits per heavy atom. The maximum absolute atomic E-state index is 13.1. The number of carbonyl (C=O) groups is 2. The van der Waals surface area contributed by atoms with Crippen LogP contribution in [0.3, 0.4) is 0 Å². The number of benzene rings is 1. The van der Waals surface area contributed by atoms with Crippen LogP contribution in [0.1, 0.15) is 17.3 Å². The van der Waals surface area contributed by atoms with Crippen molar-refractivity contribution in [2.24, 2.45) is 0 Å². The van der Waals surface area contributed by atoms with Crippen molar-refractivity contribution in [1.29, 1.82) is 0 Å². The third-order valence-corrected chi connectivity index (χ3v) is 2.38. The first-order valence-corrected chi connectivity index (χ1v) is 5.31. The van der Waals surface area contributed by atoms with Crippen molar-refractivity contribution in [2.75, 3.05) is 13.1 Å². The van der Waals surface area contributed by atoms with Crippen LogP contribution in [0.25, 0.3) is 0 Å². The molecule has 102 valence electrons. The summed E-state index contributed by atoms with van der Waals surface area (Å²) >= 11 is 0. The Morgan fingerprint density at radius 3 is 2.58 bits per heavy atom. The molecule has 0 aliphatic rings. The number of halogens is 1. The molecule has 0 aromatic heterocycles. The van der Waals surface area contributed by atoms with Gasteiger partial charge >= 0.3 is 11.7 Å². The summed E-state index contributed by atoms with van der Waals surface area (Å²) in [6.07, 6.45) is 0. The van der Waals surface area contributed by atoms with Gasteiger partial charge in [-0.3, -0.25) is 19.7 Å². The van der Waals surface area contributed by atoms with Gasteiger partial charge in [0.25, 0.3) is 5.91 Å². The normalized spacial score (nSPS) is 10.0. The third-order valence-electron chi connectivity index (χ3n) is 2.38. The maximum Gasteiger partial charge on any atom is 0.323 e. The van der Waals surface area contributed by atoms with Crippen LogP contribution in [0.5, 0.6) is 0 Å². The van der Waals surface area contributed by atoms with E-state index in [0.717, 1.165) is 23.1 Å². The van der Waals surface area contributed by atoms with Crippen LogP contribution in [0, 0.1) is 15.9 Å². The molecule has 0 heterocycles. The first kappa shape index (κ1) is 14.6. The molecule has 0 atom stereocenters. The number of carbonyl (C=O) groups excluding carboxylic acids is 1. The van der Waals surface area contributed by atoms with Crippen molar-refractivity contribution in [3.63, 3.8) is 0 Å². The van der Waals surface area contributed by atoms with E-state index in [9.17, 15) is 24.1 Å². The number of nitrogens with zero attached hydrogens (tertiary/aromatic N) is 2. The Hall–Kier alpha value is -2.51. The van der Waals surface area contributed by atoms with E-state index >= 15 is 0 Å². The first-order valence-electron chi connectivity index (χ1n) is 5.31. The molecular weight excluding hydrogens is 259 g/mol. The van der Waals surface area contributed by atoms with Crippen LogP contribution in [0.4, 0.5) is 10.1 Å². The molecule has 1 aromatic rings. The lowest BCUT2D eigenvalue weighted by Gasteiger charge is -2.18. The number of likely N-dealkylation sites (N-methyl/N-ethyl adjacent to an activating group) is 1. The van der Waals surface area contributed by atoms with E-state index in [-0.39, 0.29) is 12.1 Å². The molecule has 1 amide bonds. The van der Waals surface area contributed by atoms with Gasteiger partial charge in [0, 0.05) is 18.2 Å². The first-order chi connectivity index (χ1) is 8.86. The van der Waals surface area contributed by atoms with Crippen LogP contribution in [0.2, 0.25) is 0 Å². The summed E-state index contributed by atoms with van der Waals surface area (Å²) < 4.78 is 13.1. The zero-order valence-electron chi connectivity index (χ0n) is 10.00. The van der Waals surface area contributed by atoms with Crippen molar-refractivity contribution in [3.05, 3.63) is 39.7 Å². The van der Waals surface area contributed by atoms with E-state index in [2.05, 4.69) is 0 Å². The molecule has 0 saturated carbocycles. The molecule has 0 unspecified atom stereocenters. The number of rotatable bonds is 5. The lowest BCUT2D eigenvalue weighted by atomic mass is 10.1. The van der Waals surface area contributed by atoms with Crippen LogP contribution >= 0.6 is 0 Å². The predicted molar refractivity (Wildman–Crippen MR) is 62.3 cm³/mol. The summed E-state index contributed by atoms with van der Waals surface area (Å²) in [5, 5.41) is 19.2. The number of aliphatic carboxylic acids is 1. The summed E-state index contributed by atoms with van der Waals surface area (Å²) in [4.78, 5) is 33.1. The summed E-state index contributed by atoms with van der Waals surface area (Å²) in [5.74, 6) is -2.96. The van der Waals surface area contributed by atoms with E-state index in [1.807, 2.05) is 0 Å². The highest BCUT2D eigenvalue weighted by Crippen LogP contribution is 2.19. The Labute approximate surface area is 107 Å². The Morgan fingerprint density at radius 1 is 1.47 bits per heavy atom. The van der Waals surface area contributed by atoms with Crippen LogP contribution in [-0.2, 0) is 4.79 Å². The molecule has 0 spiro atoms. The summed E-state index contributed by atoms with van der Waals surface area (Å²) in [5.41, 5.74) is -0.951. The van der Waals surface area contributed by atoms with Crippen LogP contribution in [0.15, 0.2) is 18.2 Å². The molecule has 1 aromatic carbocycles. The second-order valence-electron chi connectivity index (χ2n) is 3.64. The fraction of sp³-hybridized carbons (Fsp3) is 0.273. The van der Waals surface area contributed by atoms with E-state index in [0.29, 0.717) is 0 Å². The van der Waals surface area contributed by atoms with Crippen molar-refractivity contribution < 1.29 is 24.0 Å². The van der Waals surface area contributed by atoms with Gasteiger partial charge in [-0.2, -0.15) is 4.39 Å². The number of nitro benzene ring substituents is 1. The van der Waals surface area contributed by atoms with Crippen molar-refractivity contribution in [2.45, 2.75) is 6.92 Å². The fourth-order valence-corrected chi connectivity index (χ4v) is 1.46. The highest BCUT2D eigenvalue weighted by atomic mass is 19.1. The molecule has 8 heteroatoms. The molecule has 0 aliphatic carbocycles. The molecule has 1 rings (SSSR count). The van der Waals surface area contributed by atoms with E-state index in [1.165, 1.54) is 0 Å². The largest absolute Gasteiger partial charge is 0.480 e. The minimum absolute atomic E-state index is 0.121. The van der Waals surface area contributed by atoms with Crippen molar-refractivity contribution in [3.8, 4) is 0 Å². The van der Waals surface area contributed by atoms with E-state index in [1.54, 1.807) is 6.92 Å². The second-order valence-corrected chi connectivity index (χ2v) is 3.64. The van der Waals surface area contributed by atoms with Crippen molar-refractivity contribution in [1.82, 2.24) is 4.90 Å². The second kappa shape index (κ2) is 5.89. The number of hydrogen-bond acceptors (Lipinski definition) is 4. The predicted octanol–water partition coefficient (Wildman–Crippen LogP) is 1.28. The number of carboxylic acid groups (broad SMARTS) is 1. The molecule has 0 fully saturated rings. The van der Waals surface area contributed by atoms with Gasteiger partial charge in [0.05, 0.1) is 4.92 Å². The van der Waals surface area contributed by atoms with Gasteiger partial charge in [0.1, 0.15) is 6.54 Å². The van der Waals surface area contributed by atoms with Gasteiger partial charge in [-0.25, -0.2) is 0 Å². The lowest BCUT2D eigenvalue weighted by Crippen LogP contribution is -2.35. The quantitative estimate of drug-likeness (QED) is 0.641. The topological polar surface area (TPSA) is 101 Å². The summed E-state index contributed by atoms with van der Waals surface area (Å²) in [6, 6.07) is 2.68. The number of hydrogen-bond donors (Lipinski definition) is 1. The summed E-state index contributed by atoms with van der Waals surface area (Å²) in [6.45, 7) is 1.16. The average Bonchev–Trinajstić information content (AvgIpc) is 2.35. The maximum atomic E-state index is 13.1.